The highest BCUT2D eigenvalue weighted by molar-refractivity contribution is 6.16. The second-order valence-electron chi connectivity index (χ2n) is 6.49. The molecular formula is C20H18ClN3O2. The summed E-state index contributed by atoms with van der Waals surface area (Å²) in [6.45, 7) is 2.04. The monoisotopic (exact) mass is 367 g/mol. The van der Waals surface area contributed by atoms with Crippen molar-refractivity contribution in [2.45, 2.75) is 31.7 Å². The van der Waals surface area contributed by atoms with E-state index >= 15 is 0 Å². The van der Waals surface area contributed by atoms with E-state index < -0.39 is 0 Å². The molecule has 1 fully saturated rings. The number of nitrogens with zero attached hydrogens (tertiary/aromatic N) is 2. The average Bonchev–Trinajstić information content (AvgIpc) is 3.34. The molecule has 5 nitrogen and oxygen atoms in total. The molecule has 1 N–H and O–H groups in total. The van der Waals surface area contributed by atoms with E-state index in [1.54, 1.807) is 0 Å². The molecule has 26 heavy (non-hydrogen) atoms. The lowest BCUT2D eigenvalue weighted by molar-refractivity contribution is 0.0951. The van der Waals surface area contributed by atoms with E-state index in [1.807, 2.05) is 49.4 Å². The van der Waals surface area contributed by atoms with Crippen LogP contribution in [0.15, 0.2) is 46.9 Å². The van der Waals surface area contributed by atoms with Crippen molar-refractivity contribution < 1.29 is 9.21 Å². The number of rotatable bonds is 5. The minimum absolute atomic E-state index is 0.00941. The predicted molar refractivity (Wildman–Crippen MR) is 100.0 cm³/mol. The molecule has 0 saturated heterocycles. The number of aromatic nitrogens is 2. The summed E-state index contributed by atoms with van der Waals surface area (Å²) in [6, 6.07) is 14.0. The molecule has 1 amide bonds. The van der Waals surface area contributed by atoms with Gasteiger partial charge in [-0.2, -0.15) is 0 Å². The molecule has 132 valence electrons. The number of nitrogens with one attached hydrogen (secondary N) is 1. The Balaban J connectivity index is 1.61. The molecule has 0 radical (unpaired) electrons. The Kier molecular flexibility index (Phi) is 4.47. The van der Waals surface area contributed by atoms with E-state index in [0.29, 0.717) is 23.4 Å². The fourth-order valence-corrected chi connectivity index (χ4v) is 2.90. The zero-order valence-corrected chi connectivity index (χ0v) is 15.1. The van der Waals surface area contributed by atoms with Crippen LogP contribution in [0.5, 0.6) is 0 Å². The van der Waals surface area contributed by atoms with Crippen molar-refractivity contribution in [3.05, 3.63) is 59.5 Å². The predicted octanol–water partition coefficient (Wildman–Crippen LogP) is 4.34. The Bertz CT molecular complexity index is 946. The number of aryl methyl sites for hydroxylation is 1. The summed E-state index contributed by atoms with van der Waals surface area (Å²) in [7, 11) is 0. The first kappa shape index (κ1) is 16.8. The number of carbonyl (C=O) groups excluding carboxylic acids is 1. The number of benzene rings is 2. The van der Waals surface area contributed by atoms with Gasteiger partial charge in [-0.15, -0.1) is 21.8 Å². The minimum atomic E-state index is -0.00941. The van der Waals surface area contributed by atoms with Crippen molar-refractivity contribution >= 4 is 17.5 Å². The van der Waals surface area contributed by atoms with Gasteiger partial charge in [0.15, 0.2) is 0 Å². The van der Waals surface area contributed by atoms with E-state index in [-0.39, 0.29) is 11.8 Å². The Morgan fingerprint density at radius 3 is 2.54 bits per heavy atom. The van der Waals surface area contributed by atoms with Crippen LogP contribution in [0.1, 0.15) is 34.7 Å². The molecule has 0 bridgehead atoms. The van der Waals surface area contributed by atoms with Crippen LogP contribution in [0.25, 0.3) is 22.6 Å². The van der Waals surface area contributed by atoms with Crippen LogP contribution < -0.4 is 5.32 Å². The van der Waals surface area contributed by atoms with Crippen LogP contribution >= 0.6 is 11.6 Å². The van der Waals surface area contributed by atoms with Gasteiger partial charge < -0.3 is 9.73 Å². The third-order valence-electron chi connectivity index (χ3n) is 4.44. The van der Waals surface area contributed by atoms with Crippen LogP contribution in [0.2, 0.25) is 0 Å². The van der Waals surface area contributed by atoms with E-state index in [4.69, 9.17) is 16.0 Å². The summed E-state index contributed by atoms with van der Waals surface area (Å²) in [5.74, 6) is 1.03. The van der Waals surface area contributed by atoms with Crippen LogP contribution in [0.3, 0.4) is 0 Å². The average molecular weight is 368 g/mol. The maximum Gasteiger partial charge on any atom is 0.251 e. The Hall–Kier alpha value is -2.66. The van der Waals surface area contributed by atoms with Gasteiger partial charge in [0.05, 0.1) is 0 Å². The van der Waals surface area contributed by atoms with E-state index in [0.717, 1.165) is 35.1 Å². The van der Waals surface area contributed by atoms with Crippen molar-refractivity contribution in [2.75, 3.05) is 0 Å². The minimum Gasteiger partial charge on any atom is -0.419 e. The first-order valence-electron chi connectivity index (χ1n) is 8.54. The summed E-state index contributed by atoms with van der Waals surface area (Å²) >= 11 is 5.70. The van der Waals surface area contributed by atoms with Gasteiger partial charge in [0, 0.05) is 17.2 Å². The second kappa shape index (κ2) is 6.92. The highest BCUT2D eigenvalue weighted by Gasteiger charge is 2.24. The first-order valence-corrected chi connectivity index (χ1v) is 9.08. The normalized spacial score (nSPS) is 13.6. The van der Waals surface area contributed by atoms with Gasteiger partial charge in [-0.1, -0.05) is 18.2 Å². The topological polar surface area (TPSA) is 68.0 Å². The number of halogens is 1. The molecule has 1 aliphatic carbocycles. The molecule has 2 aromatic carbocycles. The maximum absolute atomic E-state index is 12.3. The molecule has 0 atom stereocenters. The van der Waals surface area contributed by atoms with E-state index in [2.05, 4.69) is 15.5 Å². The maximum atomic E-state index is 12.3. The fourth-order valence-electron chi connectivity index (χ4n) is 2.79. The Morgan fingerprint density at radius 2 is 1.88 bits per heavy atom. The van der Waals surface area contributed by atoms with Crippen LogP contribution in [0.4, 0.5) is 0 Å². The molecule has 1 aliphatic rings. The van der Waals surface area contributed by atoms with Crippen LogP contribution in [0, 0.1) is 6.92 Å². The summed E-state index contributed by atoms with van der Waals surface area (Å²) in [6.07, 6.45) is 2.15. The summed E-state index contributed by atoms with van der Waals surface area (Å²) < 4.78 is 5.47. The smallest absolute Gasteiger partial charge is 0.251 e. The number of hydrogen-bond donors (Lipinski definition) is 1. The zero-order chi connectivity index (χ0) is 18.1. The third-order valence-corrected chi connectivity index (χ3v) is 4.66. The van der Waals surface area contributed by atoms with Crippen molar-refractivity contribution in [1.82, 2.24) is 15.5 Å². The lowest BCUT2D eigenvalue weighted by atomic mass is 9.97. The lowest BCUT2D eigenvalue weighted by Crippen LogP contribution is -2.25. The second-order valence-corrected chi connectivity index (χ2v) is 6.76. The summed E-state index contributed by atoms with van der Waals surface area (Å²) in [4.78, 5) is 12.3. The Labute approximate surface area is 156 Å². The number of hydrogen-bond acceptors (Lipinski definition) is 4. The van der Waals surface area contributed by atoms with Crippen molar-refractivity contribution in [2.24, 2.45) is 0 Å². The van der Waals surface area contributed by atoms with Crippen molar-refractivity contribution in [3.8, 4) is 22.6 Å². The van der Waals surface area contributed by atoms with Gasteiger partial charge in [-0.3, -0.25) is 4.79 Å². The van der Waals surface area contributed by atoms with Gasteiger partial charge in [0.2, 0.25) is 11.8 Å². The molecule has 6 heteroatoms. The van der Waals surface area contributed by atoms with Crippen LogP contribution in [-0.2, 0) is 5.88 Å². The van der Waals surface area contributed by atoms with Gasteiger partial charge in [-0.05, 0) is 60.7 Å². The van der Waals surface area contributed by atoms with Gasteiger partial charge in [0.1, 0.15) is 5.88 Å². The molecule has 1 aromatic heterocycles. The number of amides is 1. The van der Waals surface area contributed by atoms with Gasteiger partial charge in [-0.25, -0.2) is 0 Å². The quantitative estimate of drug-likeness (QED) is 0.681. The van der Waals surface area contributed by atoms with Gasteiger partial charge in [0.25, 0.3) is 5.91 Å². The largest absolute Gasteiger partial charge is 0.419 e. The molecule has 0 spiro atoms. The first-order chi connectivity index (χ1) is 12.6. The Morgan fingerprint density at radius 1 is 1.15 bits per heavy atom. The zero-order valence-electron chi connectivity index (χ0n) is 14.3. The van der Waals surface area contributed by atoms with Crippen LogP contribution in [-0.4, -0.2) is 22.1 Å². The molecule has 1 heterocycles. The highest BCUT2D eigenvalue weighted by Crippen LogP contribution is 2.28. The molecule has 1 saturated carbocycles. The number of alkyl halides is 1. The fraction of sp³-hybridized carbons (Fsp3) is 0.250. The highest BCUT2D eigenvalue weighted by atomic mass is 35.5. The third kappa shape index (κ3) is 3.48. The lowest BCUT2D eigenvalue weighted by Gasteiger charge is -2.10. The molecule has 3 aromatic rings. The standard InChI is InChI=1S/C20H18ClN3O2/c1-12-2-3-15(19(25)22-16-8-9-16)10-17(12)13-4-6-14(7-5-13)20-24-23-18(11-21)26-20/h2-7,10,16H,8-9,11H2,1H3,(H,22,25). The van der Waals surface area contributed by atoms with Crippen molar-refractivity contribution in [1.29, 1.82) is 0 Å². The summed E-state index contributed by atoms with van der Waals surface area (Å²) in [5.41, 5.74) is 4.70. The van der Waals surface area contributed by atoms with Crippen molar-refractivity contribution in [3.63, 3.8) is 0 Å². The van der Waals surface area contributed by atoms with E-state index in [9.17, 15) is 4.79 Å². The number of carbonyl (C=O) groups is 1. The molecule has 4 rings (SSSR count). The summed E-state index contributed by atoms with van der Waals surface area (Å²) in [5, 5.41) is 10.9. The van der Waals surface area contributed by atoms with E-state index in [1.165, 1.54) is 0 Å². The molecule has 0 aliphatic heterocycles. The van der Waals surface area contributed by atoms with Gasteiger partial charge >= 0.3 is 0 Å². The molecular weight excluding hydrogens is 350 g/mol. The SMILES string of the molecule is Cc1ccc(C(=O)NC2CC2)cc1-c1ccc(-c2nnc(CCl)o2)cc1. The molecule has 0 unspecified atom stereocenters.